The summed E-state index contributed by atoms with van der Waals surface area (Å²) in [5.41, 5.74) is 0. The lowest BCUT2D eigenvalue weighted by atomic mass is 10.3. The van der Waals surface area contributed by atoms with E-state index in [1.165, 1.54) is 0 Å². The Kier molecular flexibility index (Phi) is 9.35. The maximum absolute atomic E-state index is 5.39. The number of hydrogen-bond donors (Lipinski definition) is 1. The first kappa shape index (κ1) is 13.9. The van der Waals surface area contributed by atoms with Crippen molar-refractivity contribution in [2.24, 2.45) is 0 Å². The largest absolute Gasteiger partial charge is 0.380 e. The molecule has 86 valence electrons. The molecule has 14 heavy (non-hydrogen) atoms. The van der Waals surface area contributed by atoms with Gasteiger partial charge in [-0.1, -0.05) is 13.8 Å². The third kappa shape index (κ3) is 8.48. The Labute approximate surface area is 88.8 Å². The minimum atomic E-state index is 0.546. The summed E-state index contributed by atoms with van der Waals surface area (Å²) in [5.74, 6) is 0. The third-order valence-electron chi connectivity index (χ3n) is 2.21. The molecule has 0 amide bonds. The third-order valence-corrected chi connectivity index (χ3v) is 2.21. The summed E-state index contributed by atoms with van der Waals surface area (Å²) in [4.78, 5) is 2.31. The molecule has 0 saturated carbocycles. The van der Waals surface area contributed by atoms with Crippen LogP contribution in [0.15, 0.2) is 0 Å². The molecule has 3 nitrogen and oxygen atoms in total. The Morgan fingerprint density at radius 1 is 1.29 bits per heavy atom. The average molecular weight is 202 g/mol. The Bertz CT molecular complexity index is 120. The molecule has 0 heterocycles. The highest BCUT2D eigenvalue weighted by Crippen LogP contribution is 1.87. The Hall–Kier alpha value is -0.120. The highest BCUT2D eigenvalue weighted by atomic mass is 16.5. The van der Waals surface area contributed by atoms with Crippen LogP contribution in [0.4, 0.5) is 0 Å². The van der Waals surface area contributed by atoms with E-state index in [1.54, 1.807) is 0 Å². The average Bonchev–Trinajstić information content (AvgIpc) is 2.17. The first-order valence-corrected chi connectivity index (χ1v) is 5.70. The van der Waals surface area contributed by atoms with Crippen LogP contribution in [0.5, 0.6) is 0 Å². The van der Waals surface area contributed by atoms with Gasteiger partial charge in [-0.2, -0.15) is 0 Å². The lowest BCUT2D eigenvalue weighted by molar-refractivity contribution is 0.133. The zero-order valence-electron chi connectivity index (χ0n) is 10.2. The Morgan fingerprint density at radius 3 is 2.57 bits per heavy atom. The predicted octanol–water partition coefficient (Wildman–Crippen LogP) is 1.34. The van der Waals surface area contributed by atoms with E-state index < -0.39 is 0 Å². The van der Waals surface area contributed by atoms with Crippen LogP contribution in [0.25, 0.3) is 0 Å². The topological polar surface area (TPSA) is 24.5 Å². The molecule has 1 unspecified atom stereocenters. The number of ether oxygens (including phenoxy) is 1. The summed E-state index contributed by atoms with van der Waals surface area (Å²) in [5, 5.41) is 3.44. The van der Waals surface area contributed by atoms with E-state index in [4.69, 9.17) is 4.74 Å². The van der Waals surface area contributed by atoms with Gasteiger partial charge >= 0.3 is 0 Å². The van der Waals surface area contributed by atoms with E-state index in [-0.39, 0.29) is 0 Å². The van der Waals surface area contributed by atoms with Crippen LogP contribution in [0.2, 0.25) is 0 Å². The highest BCUT2D eigenvalue weighted by Gasteiger charge is 2.02. The zero-order valence-corrected chi connectivity index (χ0v) is 10.2. The van der Waals surface area contributed by atoms with Crippen LogP contribution in [0.1, 0.15) is 27.2 Å². The standard InChI is InChI=1S/C11H26N2O/c1-5-8-14-9-7-12-11(3)10-13(4)6-2/h11-12H,5-10H2,1-4H3. The molecule has 1 atom stereocenters. The minimum Gasteiger partial charge on any atom is -0.380 e. The fourth-order valence-electron chi connectivity index (χ4n) is 1.29. The maximum Gasteiger partial charge on any atom is 0.0591 e. The SMILES string of the molecule is CCCOCCNC(C)CN(C)CC. The van der Waals surface area contributed by atoms with Gasteiger partial charge < -0.3 is 15.0 Å². The van der Waals surface area contributed by atoms with E-state index in [0.717, 1.165) is 39.3 Å². The normalized spacial score (nSPS) is 13.5. The van der Waals surface area contributed by atoms with Crippen LogP contribution >= 0.6 is 0 Å². The first-order chi connectivity index (χ1) is 6.70. The smallest absolute Gasteiger partial charge is 0.0591 e. The van der Waals surface area contributed by atoms with Crippen molar-refractivity contribution in [3.05, 3.63) is 0 Å². The van der Waals surface area contributed by atoms with Gasteiger partial charge in [0.1, 0.15) is 0 Å². The van der Waals surface area contributed by atoms with Gasteiger partial charge in [0.25, 0.3) is 0 Å². The molecule has 0 aliphatic rings. The van der Waals surface area contributed by atoms with E-state index in [0.29, 0.717) is 6.04 Å². The summed E-state index contributed by atoms with van der Waals surface area (Å²) in [6, 6.07) is 0.546. The lowest BCUT2D eigenvalue weighted by Crippen LogP contribution is -2.38. The summed E-state index contributed by atoms with van der Waals surface area (Å²) in [6.07, 6.45) is 1.11. The predicted molar refractivity (Wildman–Crippen MR) is 61.7 cm³/mol. The molecule has 0 radical (unpaired) electrons. The first-order valence-electron chi connectivity index (χ1n) is 5.70. The second-order valence-corrected chi connectivity index (χ2v) is 3.82. The molecular weight excluding hydrogens is 176 g/mol. The fourth-order valence-corrected chi connectivity index (χ4v) is 1.29. The number of rotatable bonds is 9. The van der Waals surface area contributed by atoms with E-state index in [9.17, 15) is 0 Å². The molecule has 0 aromatic heterocycles. The molecule has 0 aliphatic heterocycles. The maximum atomic E-state index is 5.39. The van der Waals surface area contributed by atoms with Gasteiger partial charge in [0.05, 0.1) is 6.61 Å². The summed E-state index contributed by atoms with van der Waals surface area (Å²) >= 11 is 0. The van der Waals surface area contributed by atoms with Crippen LogP contribution in [0.3, 0.4) is 0 Å². The molecule has 0 saturated heterocycles. The summed E-state index contributed by atoms with van der Waals surface area (Å²) < 4.78 is 5.39. The molecular formula is C11H26N2O. The molecule has 0 spiro atoms. The summed E-state index contributed by atoms with van der Waals surface area (Å²) in [7, 11) is 2.14. The molecule has 0 bridgehead atoms. The number of nitrogens with zero attached hydrogens (tertiary/aromatic N) is 1. The molecule has 0 aromatic carbocycles. The molecule has 0 rings (SSSR count). The number of nitrogens with one attached hydrogen (secondary N) is 1. The minimum absolute atomic E-state index is 0.546. The highest BCUT2D eigenvalue weighted by molar-refractivity contribution is 4.63. The van der Waals surface area contributed by atoms with E-state index >= 15 is 0 Å². The zero-order chi connectivity index (χ0) is 10.8. The van der Waals surface area contributed by atoms with Crippen LogP contribution < -0.4 is 5.32 Å². The molecule has 1 N–H and O–H groups in total. The fraction of sp³-hybridized carbons (Fsp3) is 1.00. The van der Waals surface area contributed by atoms with Crippen LogP contribution in [-0.4, -0.2) is 50.8 Å². The van der Waals surface area contributed by atoms with Gasteiger partial charge in [-0.25, -0.2) is 0 Å². The Balaban J connectivity index is 3.22. The van der Waals surface area contributed by atoms with E-state index in [2.05, 4.69) is 38.0 Å². The molecule has 3 heteroatoms. The van der Waals surface area contributed by atoms with Crippen molar-refractivity contribution in [3.63, 3.8) is 0 Å². The van der Waals surface area contributed by atoms with Crippen molar-refractivity contribution in [2.75, 3.05) is 39.9 Å². The van der Waals surface area contributed by atoms with Crippen molar-refractivity contribution < 1.29 is 4.74 Å². The van der Waals surface area contributed by atoms with Gasteiger partial charge in [0.15, 0.2) is 0 Å². The van der Waals surface area contributed by atoms with Crippen molar-refractivity contribution in [1.29, 1.82) is 0 Å². The van der Waals surface area contributed by atoms with Gasteiger partial charge in [0.2, 0.25) is 0 Å². The van der Waals surface area contributed by atoms with Gasteiger partial charge in [-0.3, -0.25) is 0 Å². The summed E-state index contributed by atoms with van der Waals surface area (Å²) in [6.45, 7) is 11.4. The van der Waals surface area contributed by atoms with E-state index in [1.807, 2.05) is 0 Å². The van der Waals surface area contributed by atoms with Gasteiger partial charge in [0, 0.05) is 25.7 Å². The molecule has 0 fully saturated rings. The second kappa shape index (κ2) is 9.44. The Morgan fingerprint density at radius 2 is 2.00 bits per heavy atom. The number of hydrogen-bond acceptors (Lipinski definition) is 3. The second-order valence-electron chi connectivity index (χ2n) is 3.82. The lowest BCUT2D eigenvalue weighted by Gasteiger charge is -2.20. The van der Waals surface area contributed by atoms with Gasteiger partial charge in [-0.15, -0.1) is 0 Å². The van der Waals surface area contributed by atoms with Gasteiger partial charge in [-0.05, 0) is 26.9 Å². The van der Waals surface area contributed by atoms with Crippen LogP contribution in [-0.2, 0) is 4.74 Å². The van der Waals surface area contributed by atoms with Crippen molar-refractivity contribution in [1.82, 2.24) is 10.2 Å². The van der Waals surface area contributed by atoms with Crippen LogP contribution in [0, 0.1) is 0 Å². The molecule has 0 aromatic rings. The number of likely N-dealkylation sites (N-methyl/N-ethyl adjacent to an activating group) is 1. The quantitative estimate of drug-likeness (QED) is 0.571. The van der Waals surface area contributed by atoms with Crippen molar-refractivity contribution in [3.8, 4) is 0 Å². The monoisotopic (exact) mass is 202 g/mol. The molecule has 0 aliphatic carbocycles. The van der Waals surface area contributed by atoms with Crippen molar-refractivity contribution in [2.45, 2.75) is 33.2 Å². The van der Waals surface area contributed by atoms with Crippen molar-refractivity contribution >= 4 is 0 Å².